The van der Waals surface area contributed by atoms with Crippen molar-refractivity contribution in [2.75, 3.05) is 51.3 Å². The first-order chi connectivity index (χ1) is 17.1. The normalized spacial score (nSPS) is 15.3. The molecule has 6 nitrogen and oxygen atoms in total. The second kappa shape index (κ2) is 10.4. The van der Waals surface area contributed by atoms with E-state index in [2.05, 4.69) is 64.2 Å². The number of aliphatic hydroxyl groups excluding tert-OH is 1. The number of hydrogen-bond acceptors (Lipinski definition) is 5. The van der Waals surface area contributed by atoms with Crippen LogP contribution < -0.4 is 14.4 Å². The SMILES string of the molecule is COc1cccc(N2CCN(CC(O)COc3ccc(-c4[nH]c5ccccc5c4C)cc3)CC2)c1. The number of aromatic nitrogens is 1. The van der Waals surface area contributed by atoms with Crippen LogP contribution in [0, 0.1) is 6.92 Å². The maximum Gasteiger partial charge on any atom is 0.120 e. The number of benzene rings is 3. The van der Waals surface area contributed by atoms with Crippen LogP contribution in [-0.2, 0) is 0 Å². The number of β-amino-alcohol motifs (C(OH)–C–C–N with tert-alkyl or cyclic N) is 1. The van der Waals surface area contributed by atoms with Crippen LogP contribution in [0.2, 0.25) is 0 Å². The second-order valence-electron chi connectivity index (χ2n) is 9.15. The number of nitrogens with zero attached hydrogens (tertiary/aromatic N) is 2. The Balaban J connectivity index is 1.10. The molecule has 4 aromatic rings. The summed E-state index contributed by atoms with van der Waals surface area (Å²) in [6.45, 7) is 6.70. The number of para-hydroxylation sites is 1. The molecule has 1 aliphatic rings. The van der Waals surface area contributed by atoms with Crippen LogP contribution >= 0.6 is 0 Å². The number of aromatic amines is 1. The molecule has 0 saturated carbocycles. The Kier molecular flexibility index (Phi) is 6.93. The molecule has 0 bridgehead atoms. The molecule has 1 aromatic heterocycles. The number of methoxy groups -OCH3 is 1. The Morgan fingerprint density at radius 1 is 0.914 bits per heavy atom. The Labute approximate surface area is 206 Å². The van der Waals surface area contributed by atoms with Crippen molar-refractivity contribution in [2.45, 2.75) is 13.0 Å². The lowest BCUT2D eigenvalue weighted by atomic mass is 10.1. The minimum atomic E-state index is -0.533. The summed E-state index contributed by atoms with van der Waals surface area (Å²) in [7, 11) is 1.69. The zero-order valence-corrected chi connectivity index (χ0v) is 20.4. The van der Waals surface area contributed by atoms with E-state index in [9.17, 15) is 5.11 Å². The van der Waals surface area contributed by atoms with Crippen LogP contribution in [0.15, 0.2) is 72.8 Å². The third-order valence-electron chi connectivity index (χ3n) is 6.81. The largest absolute Gasteiger partial charge is 0.497 e. The van der Waals surface area contributed by atoms with Crippen molar-refractivity contribution in [2.24, 2.45) is 0 Å². The third kappa shape index (κ3) is 5.29. The summed E-state index contributed by atoms with van der Waals surface area (Å²) in [6.07, 6.45) is -0.533. The monoisotopic (exact) mass is 471 g/mol. The molecule has 0 aliphatic carbocycles. The number of aryl methyl sites for hydroxylation is 1. The fourth-order valence-corrected chi connectivity index (χ4v) is 4.83. The zero-order valence-electron chi connectivity index (χ0n) is 20.4. The number of H-pyrrole nitrogens is 1. The molecule has 1 aliphatic heterocycles. The van der Waals surface area contributed by atoms with E-state index in [-0.39, 0.29) is 6.61 Å². The van der Waals surface area contributed by atoms with E-state index in [1.165, 1.54) is 16.6 Å². The molecule has 1 atom stereocenters. The van der Waals surface area contributed by atoms with Crippen molar-refractivity contribution in [1.29, 1.82) is 0 Å². The van der Waals surface area contributed by atoms with Gasteiger partial charge in [-0.15, -0.1) is 0 Å². The quantitative estimate of drug-likeness (QED) is 0.390. The molecule has 2 heterocycles. The molecule has 1 saturated heterocycles. The molecule has 1 unspecified atom stereocenters. The number of ether oxygens (including phenoxy) is 2. The van der Waals surface area contributed by atoms with Gasteiger partial charge >= 0.3 is 0 Å². The number of rotatable bonds is 8. The smallest absolute Gasteiger partial charge is 0.120 e. The van der Waals surface area contributed by atoms with E-state index in [4.69, 9.17) is 9.47 Å². The van der Waals surface area contributed by atoms with Crippen molar-refractivity contribution in [1.82, 2.24) is 9.88 Å². The third-order valence-corrected chi connectivity index (χ3v) is 6.81. The van der Waals surface area contributed by atoms with Gasteiger partial charge in [-0.25, -0.2) is 0 Å². The number of fused-ring (bicyclic) bond motifs is 1. The van der Waals surface area contributed by atoms with E-state index in [0.29, 0.717) is 6.54 Å². The first-order valence-corrected chi connectivity index (χ1v) is 12.2. The van der Waals surface area contributed by atoms with Crippen molar-refractivity contribution < 1.29 is 14.6 Å². The predicted octanol–water partition coefficient (Wildman–Crippen LogP) is 4.71. The van der Waals surface area contributed by atoms with Gasteiger partial charge in [0.05, 0.1) is 7.11 Å². The maximum atomic E-state index is 10.6. The van der Waals surface area contributed by atoms with Gasteiger partial charge in [0.15, 0.2) is 0 Å². The molecule has 3 aromatic carbocycles. The number of aliphatic hydroxyl groups is 1. The van der Waals surface area contributed by atoms with Crippen LogP contribution in [0.4, 0.5) is 5.69 Å². The van der Waals surface area contributed by atoms with Gasteiger partial charge in [0, 0.05) is 61.1 Å². The molecule has 0 amide bonds. The van der Waals surface area contributed by atoms with Crippen molar-refractivity contribution >= 4 is 16.6 Å². The minimum absolute atomic E-state index is 0.279. The highest BCUT2D eigenvalue weighted by Gasteiger charge is 2.20. The molecule has 35 heavy (non-hydrogen) atoms. The molecule has 2 N–H and O–H groups in total. The van der Waals surface area contributed by atoms with E-state index < -0.39 is 6.10 Å². The summed E-state index contributed by atoms with van der Waals surface area (Å²) in [5.74, 6) is 1.64. The molecule has 6 heteroatoms. The highest BCUT2D eigenvalue weighted by Crippen LogP contribution is 2.30. The van der Waals surface area contributed by atoms with E-state index in [1.54, 1.807) is 7.11 Å². The Bertz CT molecular complexity index is 1260. The lowest BCUT2D eigenvalue weighted by molar-refractivity contribution is 0.0663. The molecule has 0 spiro atoms. The molecular weight excluding hydrogens is 438 g/mol. The van der Waals surface area contributed by atoms with Gasteiger partial charge < -0.3 is 24.5 Å². The lowest BCUT2D eigenvalue weighted by Crippen LogP contribution is -2.49. The fraction of sp³-hybridized carbons (Fsp3) is 0.310. The van der Waals surface area contributed by atoms with E-state index in [1.807, 2.05) is 30.3 Å². The van der Waals surface area contributed by atoms with Crippen LogP contribution in [0.1, 0.15) is 5.56 Å². The van der Waals surface area contributed by atoms with Crippen molar-refractivity contribution in [3.63, 3.8) is 0 Å². The minimum Gasteiger partial charge on any atom is -0.497 e. The van der Waals surface area contributed by atoms with Crippen LogP contribution in [-0.4, -0.2) is 67.5 Å². The van der Waals surface area contributed by atoms with Gasteiger partial charge in [-0.3, -0.25) is 4.90 Å². The maximum absolute atomic E-state index is 10.6. The van der Waals surface area contributed by atoms with Crippen molar-refractivity contribution in [3.8, 4) is 22.8 Å². The van der Waals surface area contributed by atoms with Crippen LogP contribution in [0.5, 0.6) is 11.5 Å². The summed E-state index contributed by atoms with van der Waals surface area (Å²) in [6, 6.07) is 24.6. The standard InChI is InChI=1S/C29H33N3O3/c1-21-27-8-3-4-9-28(27)30-29(21)22-10-12-25(13-11-22)35-20-24(33)19-31-14-16-32(17-15-31)23-6-5-7-26(18-23)34-2/h3-13,18,24,30,33H,14-17,19-20H2,1-2H3. The number of anilines is 1. The Morgan fingerprint density at radius 2 is 1.69 bits per heavy atom. The van der Waals surface area contributed by atoms with Crippen LogP contribution in [0.25, 0.3) is 22.2 Å². The highest BCUT2D eigenvalue weighted by molar-refractivity contribution is 5.90. The van der Waals surface area contributed by atoms with Gasteiger partial charge in [0.25, 0.3) is 0 Å². The summed E-state index contributed by atoms with van der Waals surface area (Å²) in [5.41, 5.74) is 5.83. The first-order valence-electron chi connectivity index (χ1n) is 12.2. The average molecular weight is 472 g/mol. The summed E-state index contributed by atoms with van der Waals surface area (Å²) < 4.78 is 11.2. The van der Waals surface area contributed by atoms with E-state index >= 15 is 0 Å². The number of hydrogen-bond donors (Lipinski definition) is 2. The molecular formula is C29H33N3O3. The van der Waals surface area contributed by atoms with Crippen molar-refractivity contribution in [3.05, 3.63) is 78.4 Å². The lowest BCUT2D eigenvalue weighted by Gasteiger charge is -2.37. The first kappa shape index (κ1) is 23.3. The van der Waals surface area contributed by atoms with Gasteiger partial charge in [-0.1, -0.05) is 24.3 Å². The van der Waals surface area contributed by atoms with Gasteiger partial charge in [-0.2, -0.15) is 0 Å². The Morgan fingerprint density at radius 3 is 2.43 bits per heavy atom. The molecule has 1 fully saturated rings. The van der Waals surface area contributed by atoms with Gasteiger partial charge in [0.2, 0.25) is 0 Å². The topological polar surface area (TPSA) is 61.0 Å². The van der Waals surface area contributed by atoms with Gasteiger partial charge in [0.1, 0.15) is 24.2 Å². The summed E-state index contributed by atoms with van der Waals surface area (Å²) >= 11 is 0. The average Bonchev–Trinajstić information content (AvgIpc) is 3.24. The number of nitrogens with one attached hydrogen (secondary N) is 1. The summed E-state index contributed by atoms with van der Waals surface area (Å²) in [4.78, 5) is 8.18. The summed E-state index contributed by atoms with van der Waals surface area (Å²) in [5, 5.41) is 11.8. The highest BCUT2D eigenvalue weighted by atomic mass is 16.5. The Hall–Kier alpha value is -3.48. The predicted molar refractivity (Wildman–Crippen MR) is 142 cm³/mol. The fourth-order valence-electron chi connectivity index (χ4n) is 4.83. The second-order valence-corrected chi connectivity index (χ2v) is 9.15. The zero-order chi connectivity index (χ0) is 24.2. The van der Waals surface area contributed by atoms with Crippen LogP contribution in [0.3, 0.4) is 0 Å². The van der Waals surface area contributed by atoms with E-state index in [0.717, 1.165) is 54.5 Å². The van der Waals surface area contributed by atoms with Gasteiger partial charge in [-0.05, 0) is 60.5 Å². The molecule has 0 radical (unpaired) electrons. The molecule has 5 rings (SSSR count). The number of piperazine rings is 1. The molecule has 182 valence electrons.